The fraction of sp³-hybridized carbons (Fsp3) is 0.333. The molecule has 0 aromatic heterocycles. The summed E-state index contributed by atoms with van der Waals surface area (Å²) in [5, 5.41) is 17.3. The van der Waals surface area contributed by atoms with Crippen molar-refractivity contribution in [2.75, 3.05) is 26.8 Å². The van der Waals surface area contributed by atoms with Gasteiger partial charge in [0.15, 0.2) is 13.2 Å². The Morgan fingerprint density at radius 3 is 2.64 bits per heavy atom. The van der Waals surface area contributed by atoms with Crippen LogP contribution in [-0.4, -0.2) is 43.6 Å². The number of esters is 1. The van der Waals surface area contributed by atoms with E-state index in [-0.39, 0.29) is 18.7 Å². The smallest absolute Gasteiger partial charge is 0.344 e. The fourth-order valence-electron chi connectivity index (χ4n) is 1.46. The first-order valence-electron chi connectivity index (χ1n) is 6.47. The highest BCUT2D eigenvalue weighted by atomic mass is 16.6. The first-order chi connectivity index (χ1) is 10.6. The first kappa shape index (κ1) is 17.0. The number of carbonyl (C=O) groups excluding carboxylic acids is 2. The molecule has 0 bridgehead atoms. The van der Waals surface area contributed by atoms with Gasteiger partial charge in [-0.3, -0.25) is 4.79 Å². The summed E-state index contributed by atoms with van der Waals surface area (Å²) in [5.74, 6) is -0.838. The van der Waals surface area contributed by atoms with Gasteiger partial charge >= 0.3 is 5.97 Å². The molecule has 1 aromatic rings. The number of para-hydroxylation sites is 1. The number of hydrogen-bond donors (Lipinski definition) is 0. The number of nitriles is 2. The maximum atomic E-state index is 11.6. The number of benzene rings is 1. The lowest BCUT2D eigenvalue weighted by atomic mass is 10.2. The van der Waals surface area contributed by atoms with E-state index in [1.165, 1.54) is 11.9 Å². The van der Waals surface area contributed by atoms with E-state index in [9.17, 15) is 9.59 Å². The number of likely N-dealkylation sites (N-methyl/N-ethyl adjacent to an activating group) is 1. The molecule has 1 aromatic carbocycles. The van der Waals surface area contributed by atoms with Gasteiger partial charge in [0.2, 0.25) is 0 Å². The summed E-state index contributed by atoms with van der Waals surface area (Å²) >= 11 is 0. The van der Waals surface area contributed by atoms with Crippen molar-refractivity contribution in [3.63, 3.8) is 0 Å². The Bertz CT molecular complexity index is 616. The zero-order valence-corrected chi connectivity index (χ0v) is 12.1. The molecular weight excluding hydrogens is 286 g/mol. The van der Waals surface area contributed by atoms with E-state index in [0.29, 0.717) is 5.56 Å². The molecular formula is C15H15N3O4. The highest BCUT2D eigenvalue weighted by Crippen LogP contribution is 2.16. The minimum Gasteiger partial charge on any atom is -0.481 e. The summed E-state index contributed by atoms with van der Waals surface area (Å²) in [6, 6.07) is 10.3. The van der Waals surface area contributed by atoms with Crippen LogP contribution in [0.1, 0.15) is 12.0 Å². The number of nitrogens with zero attached hydrogens (tertiary/aromatic N) is 3. The molecule has 1 amide bonds. The lowest BCUT2D eigenvalue weighted by molar-refractivity contribution is -0.153. The summed E-state index contributed by atoms with van der Waals surface area (Å²) in [5.41, 5.74) is 0.308. The van der Waals surface area contributed by atoms with Crippen LogP contribution >= 0.6 is 0 Å². The fourth-order valence-corrected chi connectivity index (χ4v) is 1.46. The van der Waals surface area contributed by atoms with Crippen LogP contribution in [0, 0.1) is 22.7 Å². The van der Waals surface area contributed by atoms with Gasteiger partial charge in [-0.2, -0.15) is 10.5 Å². The zero-order valence-electron chi connectivity index (χ0n) is 12.1. The van der Waals surface area contributed by atoms with Crippen LogP contribution < -0.4 is 4.74 Å². The SMILES string of the molecule is CN(CCC#N)C(=O)COC(=O)COc1ccccc1C#N. The zero-order chi connectivity index (χ0) is 16.4. The van der Waals surface area contributed by atoms with Crippen molar-refractivity contribution in [2.24, 2.45) is 0 Å². The second kappa shape index (κ2) is 8.98. The Morgan fingerprint density at radius 1 is 1.23 bits per heavy atom. The molecule has 0 atom stereocenters. The number of rotatable bonds is 7. The number of hydrogen-bond acceptors (Lipinski definition) is 6. The highest BCUT2D eigenvalue weighted by Gasteiger charge is 2.13. The third kappa shape index (κ3) is 5.51. The normalized spacial score (nSPS) is 9.23. The van der Waals surface area contributed by atoms with Crippen molar-refractivity contribution in [1.82, 2.24) is 4.90 Å². The highest BCUT2D eigenvalue weighted by molar-refractivity contribution is 5.80. The largest absolute Gasteiger partial charge is 0.481 e. The third-order valence-electron chi connectivity index (χ3n) is 2.69. The van der Waals surface area contributed by atoms with E-state index in [4.69, 9.17) is 20.0 Å². The predicted molar refractivity (Wildman–Crippen MR) is 75.5 cm³/mol. The molecule has 114 valence electrons. The van der Waals surface area contributed by atoms with Gasteiger partial charge in [-0.15, -0.1) is 0 Å². The minimum atomic E-state index is -0.713. The molecule has 7 nitrogen and oxygen atoms in total. The molecule has 0 aliphatic carbocycles. The van der Waals surface area contributed by atoms with Crippen molar-refractivity contribution in [3.8, 4) is 17.9 Å². The van der Waals surface area contributed by atoms with Crippen LogP contribution in [0.25, 0.3) is 0 Å². The van der Waals surface area contributed by atoms with Crippen LogP contribution in [0.2, 0.25) is 0 Å². The summed E-state index contributed by atoms with van der Waals surface area (Å²) < 4.78 is 9.96. The molecule has 0 aliphatic heterocycles. The standard InChI is InChI=1S/C15H15N3O4/c1-18(8-4-7-16)14(19)10-22-15(20)11-21-13-6-3-2-5-12(13)9-17/h2-3,5-6H,4,8,10-11H2,1H3. The quantitative estimate of drug-likeness (QED) is 0.692. The van der Waals surface area contributed by atoms with Crippen molar-refractivity contribution in [3.05, 3.63) is 29.8 Å². The monoisotopic (exact) mass is 301 g/mol. The van der Waals surface area contributed by atoms with Crippen LogP contribution in [0.3, 0.4) is 0 Å². The van der Waals surface area contributed by atoms with Crippen LogP contribution in [0.5, 0.6) is 5.75 Å². The van der Waals surface area contributed by atoms with Gasteiger partial charge in [-0.05, 0) is 12.1 Å². The van der Waals surface area contributed by atoms with Gasteiger partial charge in [-0.1, -0.05) is 12.1 Å². The van der Waals surface area contributed by atoms with Crippen molar-refractivity contribution in [2.45, 2.75) is 6.42 Å². The van der Waals surface area contributed by atoms with Gasteiger partial charge < -0.3 is 14.4 Å². The molecule has 0 saturated carbocycles. The van der Waals surface area contributed by atoms with Gasteiger partial charge in [0.05, 0.1) is 18.1 Å². The predicted octanol–water partition coefficient (Wildman–Crippen LogP) is 0.852. The number of carbonyl (C=O) groups is 2. The Kier molecular flexibility index (Phi) is 6.94. The summed E-state index contributed by atoms with van der Waals surface area (Å²) in [7, 11) is 1.52. The van der Waals surface area contributed by atoms with Crippen molar-refractivity contribution in [1.29, 1.82) is 10.5 Å². The summed E-state index contributed by atoms with van der Waals surface area (Å²) in [4.78, 5) is 24.4. The molecule has 0 spiro atoms. The molecule has 0 aliphatic rings. The van der Waals surface area contributed by atoms with E-state index in [0.717, 1.165) is 0 Å². The Hall–Kier alpha value is -3.06. The maximum absolute atomic E-state index is 11.6. The van der Waals surface area contributed by atoms with Gasteiger partial charge in [0.1, 0.15) is 11.8 Å². The van der Waals surface area contributed by atoms with E-state index in [1.807, 2.05) is 12.1 Å². The Labute approximate surface area is 128 Å². The summed E-state index contributed by atoms with van der Waals surface area (Å²) in [6.45, 7) is -0.531. The van der Waals surface area contributed by atoms with E-state index >= 15 is 0 Å². The average molecular weight is 301 g/mol. The maximum Gasteiger partial charge on any atom is 0.344 e. The lowest BCUT2D eigenvalue weighted by Crippen LogP contribution is -2.32. The molecule has 0 heterocycles. The topological polar surface area (TPSA) is 103 Å². The second-order valence-corrected chi connectivity index (χ2v) is 4.28. The molecule has 1 rings (SSSR count). The van der Waals surface area contributed by atoms with Crippen LogP contribution in [0.15, 0.2) is 24.3 Å². The van der Waals surface area contributed by atoms with E-state index < -0.39 is 25.1 Å². The summed E-state index contributed by atoms with van der Waals surface area (Å²) in [6.07, 6.45) is 0.213. The molecule has 22 heavy (non-hydrogen) atoms. The van der Waals surface area contributed by atoms with Gasteiger partial charge in [0, 0.05) is 13.6 Å². The lowest BCUT2D eigenvalue weighted by Gasteiger charge is -2.15. The van der Waals surface area contributed by atoms with Crippen LogP contribution in [0.4, 0.5) is 0 Å². The molecule has 0 radical (unpaired) electrons. The Morgan fingerprint density at radius 2 is 1.95 bits per heavy atom. The molecule has 0 fully saturated rings. The van der Waals surface area contributed by atoms with E-state index in [1.54, 1.807) is 24.3 Å². The van der Waals surface area contributed by atoms with E-state index in [2.05, 4.69) is 0 Å². The molecule has 0 N–H and O–H groups in total. The second-order valence-electron chi connectivity index (χ2n) is 4.28. The van der Waals surface area contributed by atoms with Crippen LogP contribution in [-0.2, 0) is 14.3 Å². The average Bonchev–Trinajstić information content (AvgIpc) is 2.55. The third-order valence-corrected chi connectivity index (χ3v) is 2.69. The number of amides is 1. The minimum absolute atomic E-state index is 0.213. The molecule has 0 saturated heterocycles. The molecule has 7 heteroatoms. The van der Waals surface area contributed by atoms with Crippen molar-refractivity contribution >= 4 is 11.9 Å². The van der Waals surface area contributed by atoms with Gasteiger partial charge in [0.25, 0.3) is 5.91 Å². The molecule has 0 unspecified atom stereocenters. The van der Waals surface area contributed by atoms with Crippen molar-refractivity contribution < 1.29 is 19.1 Å². The number of ether oxygens (including phenoxy) is 2. The Balaban J connectivity index is 2.37. The van der Waals surface area contributed by atoms with Gasteiger partial charge in [-0.25, -0.2) is 4.79 Å². The first-order valence-corrected chi connectivity index (χ1v) is 6.47.